The molecule has 4 aliphatic rings. The molecule has 2 saturated heterocycles. The summed E-state index contributed by atoms with van der Waals surface area (Å²) in [5, 5.41) is 0. The van der Waals surface area contributed by atoms with Crippen molar-refractivity contribution in [3.63, 3.8) is 0 Å². The molecule has 33 heavy (non-hydrogen) atoms. The van der Waals surface area contributed by atoms with Gasteiger partial charge in [-0.25, -0.2) is 0 Å². The van der Waals surface area contributed by atoms with Crippen LogP contribution in [0.4, 0.5) is 0 Å². The van der Waals surface area contributed by atoms with Gasteiger partial charge in [0.05, 0.1) is 18.2 Å². The van der Waals surface area contributed by atoms with E-state index in [2.05, 4.69) is 29.2 Å². The number of rotatable bonds is 6. The van der Waals surface area contributed by atoms with Crippen molar-refractivity contribution in [1.82, 2.24) is 4.90 Å². The summed E-state index contributed by atoms with van der Waals surface area (Å²) in [4.78, 5) is 21.4. The van der Waals surface area contributed by atoms with Gasteiger partial charge in [-0.3, -0.25) is 9.79 Å². The van der Waals surface area contributed by atoms with Crippen LogP contribution in [-0.2, 0) is 20.8 Å². The fourth-order valence-corrected chi connectivity index (χ4v) is 6.90. The highest BCUT2D eigenvalue weighted by Crippen LogP contribution is 2.63. The first-order chi connectivity index (χ1) is 16.2. The summed E-state index contributed by atoms with van der Waals surface area (Å²) in [7, 11) is 0. The lowest BCUT2D eigenvalue weighted by atomic mass is 9.72. The number of carbonyl (C=O) groups is 1. The van der Waals surface area contributed by atoms with Crippen molar-refractivity contribution >= 4 is 12.1 Å². The van der Waals surface area contributed by atoms with E-state index in [1.165, 1.54) is 19.3 Å². The SMILES string of the molecule is CCO[C@@]12C=N[C@]3(O1)C(C1CCCCC1)N(Cc1ccccc1)C(=O)[C@H]3[C@@H]2c1ccccc1. The monoisotopic (exact) mass is 444 g/mol. The van der Waals surface area contributed by atoms with Gasteiger partial charge < -0.3 is 14.4 Å². The molecule has 172 valence electrons. The Kier molecular flexibility index (Phi) is 5.15. The number of hydrogen-bond donors (Lipinski definition) is 0. The van der Waals surface area contributed by atoms with Crippen molar-refractivity contribution < 1.29 is 14.3 Å². The van der Waals surface area contributed by atoms with Crippen LogP contribution in [0.5, 0.6) is 0 Å². The van der Waals surface area contributed by atoms with Crippen LogP contribution in [0.2, 0.25) is 0 Å². The average molecular weight is 445 g/mol. The number of aliphatic imine (C=N–C) groups is 1. The molecule has 2 bridgehead atoms. The maximum absolute atomic E-state index is 14.3. The molecule has 3 heterocycles. The number of carbonyl (C=O) groups excluding carboxylic acids is 1. The van der Waals surface area contributed by atoms with E-state index in [1.54, 1.807) is 0 Å². The van der Waals surface area contributed by atoms with Crippen molar-refractivity contribution in [2.75, 3.05) is 6.61 Å². The highest BCUT2D eigenvalue weighted by molar-refractivity contribution is 5.90. The fraction of sp³-hybridized carbons (Fsp3) is 0.500. The van der Waals surface area contributed by atoms with Crippen LogP contribution >= 0.6 is 0 Å². The molecule has 5 nitrogen and oxygen atoms in total. The van der Waals surface area contributed by atoms with E-state index in [1.807, 2.05) is 49.5 Å². The van der Waals surface area contributed by atoms with E-state index in [4.69, 9.17) is 14.5 Å². The van der Waals surface area contributed by atoms with Gasteiger partial charge in [0.2, 0.25) is 11.7 Å². The van der Waals surface area contributed by atoms with Crippen LogP contribution < -0.4 is 0 Å². The Labute approximate surface area is 195 Å². The molecule has 3 aliphatic heterocycles. The molecule has 1 aliphatic carbocycles. The molecule has 2 aromatic carbocycles. The molecular weight excluding hydrogens is 412 g/mol. The number of hydrogen-bond acceptors (Lipinski definition) is 4. The third kappa shape index (κ3) is 3.12. The highest BCUT2D eigenvalue weighted by Gasteiger charge is 2.77. The standard InChI is InChI=1S/C28H32N2O3/c1-2-32-27-19-29-28(33-27)24(23(27)21-14-8-4-9-15-21)26(31)30(18-20-12-6-3-7-13-20)25(28)22-16-10-5-11-17-22/h3-4,6-9,12-15,19,22-25H,2,5,10-11,16-18H2,1H3/t23-,24+,25?,27-,28+/m0/s1. The summed E-state index contributed by atoms with van der Waals surface area (Å²) in [5.41, 5.74) is 1.36. The Balaban J connectivity index is 1.47. The number of ether oxygens (including phenoxy) is 2. The van der Waals surface area contributed by atoms with Crippen LogP contribution in [0.1, 0.15) is 56.1 Å². The second kappa shape index (κ2) is 8.07. The molecule has 0 aromatic heterocycles. The lowest BCUT2D eigenvalue weighted by molar-refractivity contribution is -0.208. The summed E-state index contributed by atoms with van der Waals surface area (Å²) >= 11 is 0. The zero-order valence-electron chi connectivity index (χ0n) is 19.2. The Morgan fingerprint density at radius 2 is 1.70 bits per heavy atom. The van der Waals surface area contributed by atoms with Gasteiger partial charge in [-0.1, -0.05) is 79.9 Å². The zero-order valence-corrected chi connectivity index (χ0v) is 19.2. The third-order valence-corrected chi connectivity index (χ3v) is 8.11. The van der Waals surface area contributed by atoms with Crippen LogP contribution in [0.3, 0.4) is 0 Å². The quantitative estimate of drug-likeness (QED) is 0.635. The minimum absolute atomic E-state index is 0.0669. The van der Waals surface area contributed by atoms with Gasteiger partial charge >= 0.3 is 0 Å². The Morgan fingerprint density at radius 3 is 2.39 bits per heavy atom. The number of benzene rings is 2. The number of amides is 1. The normalized spacial score (nSPS) is 35.4. The minimum atomic E-state index is -0.970. The van der Waals surface area contributed by atoms with Crippen LogP contribution in [0.25, 0.3) is 0 Å². The van der Waals surface area contributed by atoms with E-state index < -0.39 is 11.5 Å². The largest absolute Gasteiger partial charge is 0.345 e. The van der Waals surface area contributed by atoms with E-state index in [0.29, 0.717) is 19.1 Å². The predicted molar refractivity (Wildman–Crippen MR) is 127 cm³/mol. The Hall–Kier alpha value is -2.50. The van der Waals surface area contributed by atoms with E-state index in [0.717, 1.165) is 24.0 Å². The first-order valence-electron chi connectivity index (χ1n) is 12.5. The molecule has 0 radical (unpaired) electrons. The highest BCUT2D eigenvalue weighted by atomic mass is 16.7. The first kappa shape index (κ1) is 21.1. The molecule has 6 rings (SSSR count). The Morgan fingerprint density at radius 1 is 1.00 bits per heavy atom. The third-order valence-electron chi connectivity index (χ3n) is 8.11. The number of nitrogens with zero attached hydrogens (tertiary/aromatic N) is 2. The van der Waals surface area contributed by atoms with Crippen molar-refractivity contribution in [1.29, 1.82) is 0 Å². The molecule has 1 unspecified atom stereocenters. The van der Waals surface area contributed by atoms with E-state index in [9.17, 15) is 4.79 Å². The smallest absolute Gasteiger partial charge is 0.232 e. The van der Waals surface area contributed by atoms with Gasteiger partial charge in [0.25, 0.3) is 0 Å². The van der Waals surface area contributed by atoms with Crippen LogP contribution in [-0.4, -0.2) is 41.2 Å². The second-order valence-corrected chi connectivity index (χ2v) is 9.93. The summed E-state index contributed by atoms with van der Waals surface area (Å²) in [5.74, 6) is -0.993. The predicted octanol–water partition coefficient (Wildman–Crippen LogP) is 4.92. The van der Waals surface area contributed by atoms with Gasteiger partial charge in [0.1, 0.15) is 5.92 Å². The minimum Gasteiger partial charge on any atom is -0.345 e. The van der Waals surface area contributed by atoms with Crippen LogP contribution in [0, 0.1) is 11.8 Å². The topological polar surface area (TPSA) is 51.1 Å². The molecule has 2 aromatic rings. The van der Waals surface area contributed by atoms with E-state index >= 15 is 0 Å². The number of likely N-dealkylation sites (tertiary alicyclic amines) is 1. The second-order valence-electron chi connectivity index (χ2n) is 9.93. The van der Waals surface area contributed by atoms with E-state index in [-0.39, 0.29) is 23.8 Å². The molecule has 1 amide bonds. The maximum atomic E-state index is 14.3. The van der Waals surface area contributed by atoms with Gasteiger partial charge in [0, 0.05) is 13.2 Å². The zero-order chi connectivity index (χ0) is 22.5. The average Bonchev–Trinajstić information content (AvgIpc) is 3.44. The first-order valence-corrected chi connectivity index (χ1v) is 12.5. The Bertz CT molecular complexity index is 1040. The summed E-state index contributed by atoms with van der Waals surface area (Å²) in [6.07, 6.45) is 7.80. The molecule has 0 N–H and O–H groups in total. The maximum Gasteiger partial charge on any atom is 0.232 e. The summed E-state index contributed by atoms with van der Waals surface area (Å²) in [6, 6.07) is 20.5. The fourth-order valence-electron chi connectivity index (χ4n) is 6.90. The molecular formula is C28H32N2O3. The van der Waals surface area contributed by atoms with Crippen molar-refractivity contribution in [2.24, 2.45) is 16.8 Å². The van der Waals surface area contributed by atoms with Gasteiger partial charge in [-0.15, -0.1) is 0 Å². The van der Waals surface area contributed by atoms with Gasteiger partial charge in [-0.2, -0.15) is 0 Å². The number of fused-ring (bicyclic) bond motifs is 1. The molecule has 5 atom stereocenters. The van der Waals surface area contributed by atoms with Gasteiger partial charge in [-0.05, 0) is 36.8 Å². The van der Waals surface area contributed by atoms with Crippen molar-refractivity contribution in [2.45, 2.75) is 69.0 Å². The lowest BCUT2D eigenvalue weighted by Gasteiger charge is -2.40. The molecule has 3 fully saturated rings. The van der Waals surface area contributed by atoms with Crippen molar-refractivity contribution in [3.8, 4) is 0 Å². The van der Waals surface area contributed by atoms with Crippen molar-refractivity contribution in [3.05, 3.63) is 71.8 Å². The lowest BCUT2D eigenvalue weighted by Crippen LogP contribution is -2.50. The van der Waals surface area contributed by atoms with Crippen LogP contribution in [0.15, 0.2) is 65.7 Å². The molecule has 1 spiro atoms. The van der Waals surface area contributed by atoms with Gasteiger partial charge in [0.15, 0.2) is 5.72 Å². The molecule has 1 saturated carbocycles. The summed E-state index contributed by atoms with van der Waals surface area (Å²) < 4.78 is 13.2. The summed E-state index contributed by atoms with van der Waals surface area (Å²) in [6.45, 7) is 3.09. The molecule has 5 heteroatoms.